The molecule has 0 spiro atoms. The van der Waals surface area contributed by atoms with Crippen LogP contribution < -0.4 is 10.1 Å². The molecule has 0 fully saturated rings. The van der Waals surface area contributed by atoms with E-state index >= 15 is 0 Å². The summed E-state index contributed by atoms with van der Waals surface area (Å²) in [5.41, 5.74) is 4.08. The molecule has 0 aliphatic carbocycles. The van der Waals surface area contributed by atoms with Crippen molar-refractivity contribution in [2.24, 2.45) is 0 Å². The molecule has 4 heteroatoms. The van der Waals surface area contributed by atoms with Crippen LogP contribution in [0.2, 0.25) is 0 Å². The quantitative estimate of drug-likeness (QED) is 0.782. The molecule has 3 rings (SSSR count). The van der Waals surface area contributed by atoms with Gasteiger partial charge < -0.3 is 10.1 Å². The highest BCUT2D eigenvalue weighted by Gasteiger charge is 2.03. The van der Waals surface area contributed by atoms with Gasteiger partial charge in [-0.1, -0.05) is 17.7 Å². The molecule has 0 aliphatic heterocycles. The van der Waals surface area contributed by atoms with Crippen LogP contribution in [-0.2, 0) is 0 Å². The van der Waals surface area contributed by atoms with Crippen molar-refractivity contribution in [3.8, 4) is 17.0 Å². The zero-order chi connectivity index (χ0) is 15.4. The molecule has 22 heavy (non-hydrogen) atoms. The minimum atomic E-state index is 0.581. The molecule has 0 saturated heterocycles. The van der Waals surface area contributed by atoms with Crippen molar-refractivity contribution >= 4 is 11.6 Å². The van der Waals surface area contributed by atoms with Gasteiger partial charge in [-0.15, -0.1) is 0 Å². The standard InChI is InChI=1S/C18H17N3O/c1-13-3-7-15(8-4-13)20-18-19-12-11-17(21-18)14-5-9-16(22-2)10-6-14/h3-12H,1-2H3,(H,19,20,21). The van der Waals surface area contributed by atoms with Crippen molar-refractivity contribution in [2.45, 2.75) is 6.92 Å². The average Bonchev–Trinajstić information content (AvgIpc) is 2.57. The first-order chi connectivity index (χ1) is 10.7. The van der Waals surface area contributed by atoms with E-state index in [2.05, 4.69) is 34.3 Å². The van der Waals surface area contributed by atoms with E-state index in [9.17, 15) is 0 Å². The fourth-order valence-corrected chi connectivity index (χ4v) is 2.11. The minimum absolute atomic E-state index is 0.581. The topological polar surface area (TPSA) is 47.0 Å². The van der Waals surface area contributed by atoms with Crippen LogP contribution in [0, 0.1) is 6.92 Å². The predicted molar refractivity (Wildman–Crippen MR) is 88.5 cm³/mol. The Morgan fingerprint density at radius 1 is 0.909 bits per heavy atom. The van der Waals surface area contributed by atoms with Crippen LogP contribution in [0.4, 0.5) is 11.6 Å². The summed E-state index contributed by atoms with van der Waals surface area (Å²) in [6.45, 7) is 2.06. The van der Waals surface area contributed by atoms with E-state index in [-0.39, 0.29) is 0 Å². The Kier molecular flexibility index (Phi) is 4.01. The van der Waals surface area contributed by atoms with Gasteiger partial charge in [0.15, 0.2) is 0 Å². The molecule has 0 radical (unpaired) electrons. The second-order valence-electron chi connectivity index (χ2n) is 4.99. The van der Waals surface area contributed by atoms with E-state index in [0.717, 1.165) is 22.7 Å². The van der Waals surface area contributed by atoms with Gasteiger partial charge in [0.25, 0.3) is 0 Å². The summed E-state index contributed by atoms with van der Waals surface area (Å²) in [6, 6.07) is 17.8. The third kappa shape index (κ3) is 3.23. The predicted octanol–water partition coefficient (Wildman–Crippen LogP) is 4.20. The largest absolute Gasteiger partial charge is 0.497 e. The van der Waals surface area contributed by atoms with Gasteiger partial charge in [0.1, 0.15) is 5.75 Å². The molecule has 4 nitrogen and oxygen atoms in total. The Hall–Kier alpha value is -2.88. The minimum Gasteiger partial charge on any atom is -0.497 e. The Labute approximate surface area is 129 Å². The fourth-order valence-electron chi connectivity index (χ4n) is 2.11. The molecule has 1 heterocycles. The highest BCUT2D eigenvalue weighted by atomic mass is 16.5. The molecule has 0 aliphatic rings. The lowest BCUT2D eigenvalue weighted by Gasteiger charge is -2.07. The number of aromatic nitrogens is 2. The smallest absolute Gasteiger partial charge is 0.227 e. The molecule has 0 amide bonds. The van der Waals surface area contributed by atoms with E-state index in [0.29, 0.717) is 5.95 Å². The molecule has 0 bridgehead atoms. The monoisotopic (exact) mass is 291 g/mol. The average molecular weight is 291 g/mol. The Morgan fingerprint density at radius 2 is 1.64 bits per heavy atom. The van der Waals surface area contributed by atoms with Crippen LogP contribution in [0.5, 0.6) is 5.75 Å². The van der Waals surface area contributed by atoms with Gasteiger partial charge in [0, 0.05) is 17.4 Å². The Bertz CT molecular complexity index is 752. The number of hydrogen-bond donors (Lipinski definition) is 1. The van der Waals surface area contributed by atoms with Crippen molar-refractivity contribution < 1.29 is 4.74 Å². The maximum atomic E-state index is 5.17. The molecular formula is C18H17N3O. The van der Waals surface area contributed by atoms with E-state index in [4.69, 9.17) is 4.74 Å². The van der Waals surface area contributed by atoms with E-state index in [1.54, 1.807) is 13.3 Å². The van der Waals surface area contributed by atoms with Gasteiger partial charge in [0.05, 0.1) is 12.8 Å². The lowest BCUT2D eigenvalue weighted by atomic mass is 10.1. The van der Waals surface area contributed by atoms with E-state index < -0.39 is 0 Å². The zero-order valence-electron chi connectivity index (χ0n) is 12.6. The molecule has 0 unspecified atom stereocenters. The lowest BCUT2D eigenvalue weighted by molar-refractivity contribution is 0.415. The number of anilines is 2. The molecule has 0 saturated carbocycles. The van der Waals surface area contributed by atoms with Crippen LogP contribution in [0.25, 0.3) is 11.3 Å². The second kappa shape index (κ2) is 6.26. The summed E-state index contributed by atoms with van der Waals surface area (Å²) < 4.78 is 5.17. The zero-order valence-corrected chi connectivity index (χ0v) is 12.6. The van der Waals surface area contributed by atoms with Gasteiger partial charge in [-0.2, -0.15) is 0 Å². The summed E-state index contributed by atoms with van der Waals surface area (Å²) >= 11 is 0. The van der Waals surface area contributed by atoms with E-state index in [1.165, 1.54) is 5.56 Å². The summed E-state index contributed by atoms with van der Waals surface area (Å²) in [5.74, 6) is 1.41. The number of benzene rings is 2. The summed E-state index contributed by atoms with van der Waals surface area (Å²) in [4.78, 5) is 8.82. The van der Waals surface area contributed by atoms with Crippen molar-refractivity contribution in [1.29, 1.82) is 0 Å². The first-order valence-corrected chi connectivity index (χ1v) is 7.06. The van der Waals surface area contributed by atoms with Gasteiger partial charge in [-0.25, -0.2) is 9.97 Å². The van der Waals surface area contributed by atoms with Gasteiger partial charge >= 0.3 is 0 Å². The number of aryl methyl sites for hydroxylation is 1. The number of hydrogen-bond acceptors (Lipinski definition) is 4. The van der Waals surface area contributed by atoms with Crippen molar-refractivity contribution in [2.75, 3.05) is 12.4 Å². The molecule has 2 aromatic carbocycles. The molecule has 3 aromatic rings. The van der Waals surface area contributed by atoms with Crippen molar-refractivity contribution in [1.82, 2.24) is 9.97 Å². The number of methoxy groups -OCH3 is 1. The number of nitrogens with zero attached hydrogens (tertiary/aromatic N) is 2. The van der Waals surface area contributed by atoms with Crippen LogP contribution in [0.3, 0.4) is 0 Å². The Balaban J connectivity index is 1.83. The number of ether oxygens (including phenoxy) is 1. The third-order valence-electron chi connectivity index (χ3n) is 3.35. The molecular weight excluding hydrogens is 274 g/mol. The highest BCUT2D eigenvalue weighted by Crippen LogP contribution is 2.22. The van der Waals surface area contributed by atoms with Gasteiger partial charge in [0.2, 0.25) is 5.95 Å². The molecule has 0 atom stereocenters. The molecule has 110 valence electrons. The molecule has 1 aromatic heterocycles. The third-order valence-corrected chi connectivity index (χ3v) is 3.35. The highest BCUT2D eigenvalue weighted by molar-refractivity contribution is 5.62. The first kappa shape index (κ1) is 14.1. The summed E-state index contributed by atoms with van der Waals surface area (Å²) in [5, 5.41) is 3.22. The summed E-state index contributed by atoms with van der Waals surface area (Å²) in [7, 11) is 1.66. The fraction of sp³-hybridized carbons (Fsp3) is 0.111. The SMILES string of the molecule is COc1ccc(-c2ccnc(Nc3ccc(C)cc3)n2)cc1. The lowest BCUT2D eigenvalue weighted by Crippen LogP contribution is -1.97. The van der Waals surface area contributed by atoms with Crippen LogP contribution >= 0.6 is 0 Å². The van der Waals surface area contributed by atoms with Crippen molar-refractivity contribution in [3.05, 3.63) is 66.4 Å². The van der Waals surface area contributed by atoms with Gasteiger partial charge in [-0.3, -0.25) is 0 Å². The summed E-state index contributed by atoms with van der Waals surface area (Å²) in [6.07, 6.45) is 1.75. The maximum absolute atomic E-state index is 5.17. The van der Waals surface area contributed by atoms with E-state index in [1.807, 2.05) is 42.5 Å². The maximum Gasteiger partial charge on any atom is 0.227 e. The Morgan fingerprint density at radius 3 is 2.32 bits per heavy atom. The second-order valence-corrected chi connectivity index (χ2v) is 4.99. The molecule has 1 N–H and O–H groups in total. The van der Waals surface area contributed by atoms with Crippen LogP contribution in [-0.4, -0.2) is 17.1 Å². The number of rotatable bonds is 4. The van der Waals surface area contributed by atoms with Crippen LogP contribution in [0.15, 0.2) is 60.8 Å². The first-order valence-electron chi connectivity index (χ1n) is 7.06. The van der Waals surface area contributed by atoms with Crippen molar-refractivity contribution in [3.63, 3.8) is 0 Å². The number of nitrogens with one attached hydrogen (secondary N) is 1. The van der Waals surface area contributed by atoms with Crippen LogP contribution in [0.1, 0.15) is 5.56 Å². The normalized spacial score (nSPS) is 10.3. The van der Waals surface area contributed by atoms with Gasteiger partial charge in [-0.05, 0) is 49.4 Å².